The van der Waals surface area contributed by atoms with Crippen molar-refractivity contribution in [2.45, 2.75) is 45.3 Å². The Balaban J connectivity index is 3.85. The maximum Gasteiger partial charge on any atom is 0.151 e. The van der Waals surface area contributed by atoms with E-state index in [1.54, 1.807) is 0 Å². The molecule has 0 aromatic heterocycles. The largest absolute Gasteiger partial charge is 0.426 e. The highest BCUT2D eigenvalue weighted by molar-refractivity contribution is 7.22. The Bertz CT molecular complexity index is 186. The summed E-state index contributed by atoms with van der Waals surface area (Å²) in [6.45, 7) is 12.6. The third kappa shape index (κ3) is 4.65. The van der Waals surface area contributed by atoms with Gasteiger partial charge in [-0.05, 0) is 5.04 Å². The molecule has 0 rings (SSSR count). The quantitative estimate of drug-likeness (QED) is 0.396. The molecule has 0 amide bonds. The summed E-state index contributed by atoms with van der Waals surface area (Å²) < 4.78 is 5.72. The maximum atomic E-state index is 5.72. The van der Waals surface area contributed by atoms with E-state index in [0.29, 0.717) is 5.04 Å². The van der Waals surface area contributed by atoms with Crippen molar-refractivity contribution in [1.29, 1.82) is 0 Å². The van der Waals surface area contributed by atoms with E-state index in [2.05, 4.69) is 39.8 Å². The van der Waals surface area contributed by atoms with Crippen molar-refractivity contribution in [1.82, 2.24) is 0 Å². The van der Waals surface area contributed by atoms with Gasteiger partial charge < -0.3 is 4.43 Å². The van der Waals surface area contributed by atoms with Crippen LogP contribution in [0.1, 0.15) is 27.2 Å². The van der Waals surface area contributed by atoms with Crippen molar-refractivity contribution in [2.75, 3.05) is 6.61 Å². The first kappa shape index (κ1) is 13.0. The Kier molecular flexibility index (Phi) is 4.97. The molecule has 76 valence electrons. The van der Waals surface area contributed by atoms with Gasteiger partial charge in [-0.2, -0.15) is 0 Å². The highest BCUT2D eigenvalue weighted by atomic mass is 29.2. The average Bonchev–Trinajstić information content (AvgIpc) is 1.96. The van der Waals surface area contributed by atoms with Gasteiger partial charge in [0.1, 0.15) is 0 Å². The van der Waals surface area contributed by atoms with E-state index in [1.165, 1.54) is 0 Å². The van der Waals surface area contributed by atoms with Crippen LogP contribution in [0.4, 0.5) is 0 Å². The van der Waals surface area contributed by atoms with Crippen LogP contribution >= 0.6 is 0 Å². The van der Waals surface area contributed by atoms with E-state index in [9.17, 15) is 0 Å². The molecule has 0 heterocycles. The van der Waals surface area contributed by atoms with E-state index in [0.717, 1.165) is 13.0 Å². The van der Waals surface area contributed by atoms with Gasteiger partial charge in [0.2, 0.25) is 0 Å². The van der Waals surface area contributed by atoms with Gasteiger partial charge in [0.05, 0.1) is 7.59 Å². The van der Waals surface area contributed by atoms with E-state index in [1.807, 2.05) is 0 Å². The van der Waals surface area contributed by atoms with Crippen LogP contribution in [0.3, 0.4) is 0 Å². The fourth-order valence-electron chi connectivity index (χ4n) is 0.675. The highest BCUT2D eigenvalue weighted by Crippen LogP contribution is 2.34. The van der Waals surface area contributed by atoms with Gasteiger partial charge in [-0.15, -0.1) is 12.3 Å². The maximum absolute atomic E-state index is 5.72. The summed E-state index contributed by atoms with van der Waals surface area (Å²) in [5, 5.41) is 0.468. The average molecular weight is 214 g/mol. The fourth-order valence-corrected chi connectivity index (χ4v) is 5.17. The molecule has 0 aliphatic rings. The first-order chi connectivity index (χ1) is 5.81. The van der Waals surface area contributed by atoms with Gasteiger partial charge in [0, 0.05) is 13.0 Å². The van der Waals surface area contributed by atoms with Crippen molar-refractivity contribution < 1.29 is 4.43 Å². The molecule has 0 bridgehead atoms. The molecule has 13 heavy (non-hydrogen) atoms. The summed E-state index contributed by atoms with van der Waals surface area (Å²) in [5.41, 5.74) is 0. The van der Waals surface area contributed by atoms with Crippen molar-refractivity contribution >= 4 is 16.9 Å². The molecule has 0 radical (unpaired) electrons. The second-order valence-electron chi connectivity index (χ2n) is 5.14. The minimum absolute atomic E-state index is 0.342. The van der Waals surface area contributed by atoms with Gasteiger partial charge in [0.15, 0.2) is 9.28 Å². The highest BCUT2D eigenvalue weighted by Gasteiger charge is 2.35. The summed E-state index contributed by atoms with van der Waals surface area (Å²) >= 11 is 0. The fraction of sp³-hybridized carbons (Fsp3) is 0.800. The summed E-state index contributed by atoms with van der Waals surface area (Å²) in [6.07, 6.45) is 5.93. The molecule has 0 unspecified atom stereocenters. The smallest absolute Gasteiger partial charge is 0.151 e. The zero-order valence-electron chi connectivity index (χ0n) is 9.61. The number of rotatable bonds is 4. The summed E-state index contributed by atoms with van der Waals surface area (Å²) in [7, 11) is -1.45. The SMILES string of the molecule is C#CCCO[SiH2][Si](C)(C)C(C)(C)C. The standard InChI is InChI=1S/C10H22OSi2/c1-7-8-9-11-12-13(5,6)10(2,3)4/h1H,8-9,12H2,2-6H3. The summed E-state index contributed by atoms with van der Waals surface area (Å²) in [4.78, 5) is 0. The van der Waals surface area contributed by atoms with E-state index in [-0.39, 0.29) is 9.28 Å². The van der Waals surface area contributed by atoms with Gasteiger partial charge in [0.25, 0.3) is 0 Å². The molecule has 1 nitrogen and oxygen atoms in total. The van der Waals surface area contributed by atoms with Gasteiger partial charge in [-0.3, -0.25) is 0 Å². The van der Waals surface area contributed by atoms with Crippen LogP contribution in [0.25, 0.3) is 0 Å². The minimum Gasteiger partial charge on any atom is -0.426 e. The zero-order valence-corrected chi connectivity index (χ0v) is 12.0. The van der Waals surface area contributed by atoms with Crippen molar-refractivity contribution in [2.24, 2.45) is 0 Å². The van der Waals surface area contributed by atoms with E-state index >= 15 is 0 Å². The van der Waals surface area contributed by atoms with Crippen molar-refractivity contribution in [3.05, 3.63) is 0 Å². The third-order valence-electron chi connectivity index (χ3n) is 2.88. The molecule has 3 heteroatoms. The predicted molar refractivity (Wildman–Crippen MR) is 65.1 cm³/mol. The normalized spacial score (nSPS) is 13.5. The van der Waals surface area contributed by atoms with Gasteiger partial charge >= 0.3 is 0 Å². The van der Waals surface area contributed by atoms with Gasteiger partial charge in [-0.25, -0.2) is 0 Å². The zero-order chi connectivity index (χ0) is 10.5. The molecule has 0 aliphatic carbocycles. The first-order valence-corrected chi connectivity index (χ1v) is 10.7. The topological polar surface area (TPSA) is 9.23 Å². The Morgan fingerprint density at radius 3 is 2.31 bits per heavy atom. The molecular formula is C10H22OSi2. The molecular weight excluding hydrogens is 192 g/mol. The molecule has 0 aliphatic heterocycles. The molecule has 0 aromatic carbocycles. The minimum atomic E-state index is -1.11. The Labute approximate surface area is 86.0 Å². The lowest BCUT2D eigenvalue weighted by Crippen LogP contribution is -2.45. The van der Waals surface area contributed by atoms with Crippen LogP contribution in [0, 0.1) is 12.3 Å². The molecule has 0 N–H and O–H groups in total. The van der Waals surface area contributed by atoms with Crippen LogP contribution in [-0.4, -0.2) is 23.5 Å². The first-order valence-electron chi connectivity index (χ1n) is 4.82. The molecule has 0 saturated carbocycles. The molecule has 0 saturated heterocycles. The van der Waals surface area contributed by atoms with Crippen LogP contribution in [0.5, 0.6) is 0 Å². The monoisotopic (exact) mass is 214 g/mol. The van der Waals surface area contributed by atoms with Crippen molar-refractivity contribution in [3.8, 4) is 12.3 Å². The van der Waals surface area contributed by atoms with Crippen LogP contribution in [0.15, 0.2) is 0 Å². The van der Waals surface area contributed by atoms with Gasteiger partial charge in [-0.1, -0.05) is 33.9 Å². The lowest BCUT2D eigenvalue weighted by atomic mass is 10.2. The molecule has 0 aromatic rings. The lowest BCUT2D eigenvalue weighted by molar-refractivity contribution is 0.353. The van der Waals surface area contributed by atoms with E-state index < -0.39 is 7.59 Å². The Hall–Kier alpha value is -0.0462. The number of hydrogen-bond acceptors (Lipinski definition) is 1. The van der Waals surface area contributed by atoms with Crippen molar-refractivity contribution in [3.63, 3.8) is 0 Å². The lowest BCUT2D eigenvalue weighted by Gasteiger charge is -2.35. The Morgan fingerprint density at radius 1 is 1.38 bits per heavy atom. The number of terminal acetylenes is 1. The Morgan fingerprint density at radius 2 is 1.92 bits per heavy atom. The predicted octanol–water partition coefficient (Wildman–Crippen LogP) is 2.12. The molecule has 0 atom stereocenters. The summed E-state index contributed by atoms with van der Waals surface area (Å²) in [5.74, 6) is 2.61. The van der Waals surface area contributed by atoms with Crippen LogP contribution in [0.2, 0.25) is 18.1 Å². The van der Waals surface area contributed by atoms with Crippen LogP contribution in [-0.2, 0) is 4.43 Å². The second kappa shape index (κ2) is 4.99. The molecule has 0 fully saturated rings. The second-order valence-corrected chi connectivity index (χ2v) is 17.3. The van der Waals surface area contributed by atoms with Crippen LogP contribution < -0.4 is 0 Å². The van der Waals surface area contributed by atoms with E-state index in [4.69, 9.17) is 10.8 Å². The number of hydrogen-bond donors (Lipinski definition) is 0. The molecule has 0 spiro atoms. The summed E-state index contributed by atoms with van der Waals surface area (Å²) in [6, 6.07) is 0. The third-order valence-corrected chi connectivity index (χ3v) is 14.1.